The summed E-state index contributed by atoms with van der Waals surface area (Å²) in [6, 6.07) is 8.84. The van der Waals surface area contributed by atoms with E-state index in [1.807, 2.05) is 18.4 Å². The normalized spacial score (nSPS) is 22.9. The first-order chi connectivity index (χ1) is 13.2. The fraction of sp³-hybridized carbons (Fsp3) is 0.636. The number of amides is 1. The van der Waals surface area contributed by atoms with Crippen LogP contribution in [0.25, 0.3) is 10.2 Å². The number of carbonyl (C=O) groups is 1. The average Bonchev–Trinajstić information content (AvgIpc) is 3.10. The van der Waals surface area contributed by atoms with E-state index in [1.54, 1.807) is 0 Å². The lowest BCUT2D eigenvalue weighted by molar-refractivity contribution is -0.135. The van der Waals surface area contributed by atoms with E-state index in [0.29, 0.717) is 18.4 Å². The summed E-state index contributed by atoms with van der Waals surface area (Å²) in [6.07, 6.45) is 10.1. The van der Waals surface area contributed by atoms with Gasteiger partial charge in [0.05, 0.1) is 15.2 Å². The zero-order valence-corrected chi connectivity index (χ0v) is 17.2. The summed E-state index contributed by atoms with van der Waals surface area (Å²) in [5.41, 5.74) is 1.21. The highest BCUT2D eigenvalue weighted by atomic mass is 32.1. The molecular formula is C22H31N3OS. The maximum absolute atomic E-state index is 13.2. The van der Waals surface area contributed by atoms with Gasteiger partial charge in [-0.25, -0.2) is 4.98 Å². The molecule has 2 aromatic rings. The number of para-hydroxylation sites is 1. The molecule has 0 spiro atoms. The number of likely N-dealkylation sites (tertiary alicyclic amines) is 1. The number of rotatable bonds is 5. The van der Waals surface area contributed by atoms with Crippen molar-refractivity contribution in [2.24, 2.45) is 5.41 Å². The van der Waals surface area contributed by atoms with Crippen molar-refractivity contribution >= 4 is 27.5 Å². The van der Waals surface area contributed by atoms with Crippen molar-refractivity contribution in [3.8, 4) is 0 Å². The van der Waals surface area contributed by atoms with Gasteiger partial charge in [0.1, 0.15) is 0 Å². The Morgan fingerprint density at radius 3 is 2.85 bits per heavy atom. The summed E-state index contributed by atoms with van der Waals surface area (Å²) in [4.78, 5) is 20.2. The number of aromatic nitrogens is 1. The van der Waals surface area contributed by atoms with Crippen molar-refractivity contribution in [1.29, 1.82) is 0 Å². The Morgan fingerprint density at radius 2 is 2.07 bits per heavy atom. The predicted molar refractivity (Wildman–Crippen MR) is 112 cm³/mol. The minimum atomic E-state index is 0.107. The topological polar surface area (TPSA) is 45.2 Å². The molecule has 1 amide bonds. The van der Waals surface area contributed by atoms with Crippen LogP contribution < -0.4 is 5.32 Å². The maximum Gasteiger partial charge on any atom is 0.223 e. The molecule has 2 aliphatic rings. The maximum atomic E-state index is 13.2. The molecule has 146 valence electrons. The van der Waals surface area contributed by atoms with Crippen LogP contribution in [0.15, 0.2) is 24.3 Å². The Bertz CT molecular complexity index is 748. The van der Waals surface area contributed by atoms with E-state index in [0.717, 1.165) is 44.3 Å². The average molecular weight is 386 g/mol. The molecule has 1 N–H and O–H groups in total. The van der Waals surface area contributed by atoms with Gasteiger partial charge >= 0.3 is 0 Å². The minimum Gasteiger partial charge on any atom is -0.341 e. The Balaban J connectivity index is 1.50. The first kappa shape index (κ1) is 18.9. The van der Waals surface area contributed by atoms with E-state index < -0.39 is 0 Å². The van der Waals surface area contributed by atoms with E-state index in [-0.39, 0.29) is 5.41 Å². The Hall–Kier alpha value is -1.46. The van der Waals surface area contributed by atoms with Gasteiger partial charge in [-0.05, 0) is 50.3 Å². The highest BCUT2D eigenvalue weighted by Crippen LogP contribution is 2.43. The second-order valence-electron chi connectivity index (χ2n) is 8.46. The molecule has 0 radical (unpaired) electrons. The molecule has 4 nitrogen and oxygen atoms in total. The fourth-order valence-electron chi connectivity index (χ4n) is 4.91. The second-order valence-corrected chi connectivity index (χ2v) is 9.57. The highest BCUT2D eigenvalue weighted by Gasteiger charge is 2.37. The van der Waals surface area contributed by atoms with Crippen molar-refractivity contribution in [3.63, 3.8) is 0 Å². The lowest BCUT2D eigenvalue weighted by Gasteiger charge is -2.39. The highest BCUT2D eigenvalue weighted by molar-refractivity contribution is 7.18. The largest absolute Gasteiger partial charge is 0.341 e. The van der Waals surface area contributed by atoms with Gasteiger partial charge in [-0.15, -0.1) is 11.3 Å². The summed E-state index contributed by atoms with van der Waals surface area (Å²) in [7, 11) is 2.01. The van der Waals surface area contributed by atoms with Gasteiger partial charge in [0.15, 0.2) is 0 Å². The van der Waals surface area contributed by atoms with Gasteiger partial charge < -0.3 is 10.2 Å². The van der Waals surface area contributed by atoms with Crippen LogP contribution in [-0.2, 0) is 11.2 Å². The summed E-state index contributed by atoms with van der Waals surface area (Å²) >= 11 is 1.81. The van der Waals surface area contributed by atoms with Crippen LogP contribution in [0.1, 0.15) is 56.4 Å². The van der Waals surface area contributed by atoms with Crippen LogP contribution in [-0.4, -0.2) is 42.0 Å². The molecule has 2 fully saturated rings. The van der Waals surface area contributed by atoms with Gasteiger partial charge in [-0.1, -0.05) is 31.4 Å². The van der Waals surface area contributed by atoms with Crippen LogP contribution in [0.4, 0.5) is 0 Å². The third-order valence-electron chi connectivity index (χ3n) is 6.49. The molecule has 1 aromatic carbocycles. The number of hydrogen-bond acceptors (Lipinski definition) is 4. The zero-order valence-electron chi connectivity index (χ0n) is 16.4. The number of likely N-dealkylation sites (N-methyl/N-ethyl adjacent to an activating group) is 1. The molecule has 1 saturated carbocycles. The van der Waals surface area contributed by atoms with Crippen LogP contribution in [0, 0.1) is 5.41 Å². The first-order valence-corrected chi connectivity index (χ1v) is 11.3. The molecular weight excluding hydrogens is 354 g/mol. The van der Waals surface area contributed by atoms with Crippen molar-refractivity contribution in [2.45, 2.75) is 63.8 Å². The number of benzene rings is 1. The molecule has 5 heteroatoms. The number of nitrogens with one attached hydrogen (secondary N) is 1. The van der Waals surface area contributed by atoms with Crippen LogP contribution >= 0.6 is 11.3 Å². The molecule has 1 saturated heterocycles. The number of thiazole rings is 1. The standard InChI is InChI=1S/C22H31N3OS/c1-23-17-8-7-13-25(16-17)21(26)15-22(11-5-2-6-12-22)14-20-24-18-9-3-4-10-19(18)27-20/h3-4,9-10,17,23H,2,5-8,11-16H2,1H3. The van der Waals surface area contributed by atoms with Gasteiger partial charge in [-0.3, -0.25) is 4.79 Å². The Kier molecular flexibility index (Phi) is 5.79. The molecule has 2 heterocycles. The lowest BCUT2D eigenvalue weighted by atomic mass is 9.69. The third kappa shape index (κ3) is 4.35. The van der Waals surface area contributed by atoms with E-state index >= 15 is 0 Å². The molecule has 27 heavy (non-hydrogen) atoms. The van der Waals surface area contributed by atoms with Gasteiger partial charge in [0.25, 0.3) is 0 Å². The van der Waals surface area contributed by atoms with Gasteiger partial charge in [0, 0.05) is 32.0 Å². The molecule has 1 aliphatic carbocycles. The Labute approximate surface area is 166 Å². The number of carbonyl (C=O) groups excluding carboxylic acids is 1. The number of fused-ring (bicyclic) bond motifs is 1. The third-order valence-corrected chi connectivity index (χ3v) is 7.52. The monoisotopic (exact) mass is 385 g/mol. The predicted octanol–water partition coefficient (Wildman–Crippen LogP) is 4.39. The molecule has 1 aromatic heterocycles. The van der Waals surface area contributed by atoms with Gasteiger partial charge in [-0.2, -0.15) is 0 Å². The smallest absolute Gasteiger partial charge is 0.223 e. The molecule has 1 atom stereocenters. The fourth-order valence-corrected chi connectivity index (χ4v) is 6.05. The SMILES string of the molecule is CNC1CCCN(C(=O)CC2(Cc3nc4ccccc4s3)CCCCC2)C1. The molecule has 4 rings (SSSR count). The summed E-state index contributed by atoms with van der Waals surface area (Å²) < 4.78 is 1.26. The molecule has 1 unspecified atom stereocenters. The lowest BCUT2D eigenvalue weighted by Crippen LogP contribution is -2.48. The van der Waals surface area contributed by atoms with E-state index in [9.17, 15) is 4.79 Å². The number of piperidine rings is 1. The van der Waals surface area contributed by atoms with E-state index in [2.05, 4.69) is 34.5 Å². The minimum absolute atomic E-state index is 0.107. The molecule has 1 aliphatic heterocycles. The van der Waals surface area contributed by atoms with E-state index in [1.165, 1.54) is 35.4 Å². The van der Waals surface area contributed by atoms with Crippen LogP contribution in [0.3, 0.4) is 0 Å². The zero-order chi connectivity index (χ0) is 18.7. The summed E-state index contributed by atoms with van der Waals surface area (Å²) in [5, 5.41) is 4.56. The number of hydrogen-bond donors (Lipinski definition) is 1. The van der Waals surface area contributed by atoms with Crippen molar-refractivity contribution in [3.05, 3.63) is 29.3 Å². The van der Waals surface area contributed by atoms with Crippen molar-refractivity contribution in [2.75, 3.05) is 20.1 Å². The number of nitrogens with zero attached hydrogens (tertiary/aromatic N) is 2. The quantitative estimate of drug-likeness (QED) is 0.830. The van der Waals surface area contributed by atoms with Crippen molar-refractivity contribution < 1.29 is 4.79 Å². The van der Waals surface area contributed by atoms with E-state index in [4.69, 9.17) is 4.98 Å². The van der Waals surface area contributed by atoms with Gasteiger partial charge in [0.2, 0.25) is 5.91 Å². The second kappa shape index (κ2) is 8.27. The summed E-state index contributed by atoms with van der Waals surface area (Å²) in [5.74, 6) is 0.359. The van der Waals surface area contributed by atoms with Crippen molar-refractivity contribution in [1.82, 2.24) is 15.2 Å². The Morgan fingerprint density at radius 1 is 1.26 bits per heavy atom. The van der Waals surface area contributed by atoms with Crippen LogP contribution in [0.2, 0.25) is 0 Å². The molecule has 0 bridgehead atoms. The van der Waals surface area contributed by atoms with Crippen LogP contribution in [0.5, 0.6) is 0 Å². The summed E-state index contributed by atoms with van der Waals surface area (Å²) in [6.45, 7) is 1.79. The first-order valence-electron chi connectivity index (χ1n) is 10.5.